The zero-order chi connectivity index (χ0) is 10.1. The monoisotopic (exact) mass is 189 g/mol. The molecule has 0 rings (SSSR count). The van der Waals surface area contributed by atoms with E-state index in [-0.39, 0.29) is 19.4 Å². The fraction of sp³-hybridized carbons (Fsp3) is 0.571. The summed E-state index contributed by atoms with van der Waals surface area (Å²) >= 11 is 0. The maximum atomic E-state index is 10.7. The topological polar surface area (TPSA) is 81.7 Å². The highest BCUT2D eigenvalue weighted by atomic mass is 16.5. The van der Waals surface area contributed by atoms with Crippen LogP contribution in [0.3, 0.4) is 0 Å². The molecule has 0 radical (unpaired) electrons. The summed E-state index contributed by atoms with van der Waals surface area (Å²) in [6.07, 6.45) is -0.288. The number of esters is 1. The van der Waals surface area contributed by atoms with E-state index in [0.29, 0.717) is 6.41 Å². The number of carbonyl (C=O) groups is 3. The van der Waals surface area contributed by atoms with Gasteiger partial charge in [-0.2, -0.15) is 0 Å². The van der Waals surface area contributed by atoms with Crippen LogP contribution >= 0.6 is 0 Å². The molecule has 0 aliphatic rings. The van der Waals surface area contributed by atoms with Crippen LogP contribution in [-0.2, 0) is 23.9 Å². The number of hydrogen-bond donors (Lipinski definition) is 1. The van der Waals surface area contributed by atoms with Gasteiger partial charge < -0.3 is 14.8 Å². The molecule has 0 bridgehead atoms. The molecule has 1 N–H and O–H groups in total. The Labute approximate surface area is 75.2 Å². The lowest BCUT2D eigenvalue weighted by Gasteiger charge is -2.12. The molecular weight excluding hydrogens is 178 g/mol. The first kappa shape index (κ1) is 11.4. The third-order valence-corrected chi connectivity index (χ3v) is 1.30. The fourth-order valence-corrected chi connectivity index (χ4v) is 0.696. The zero-order valence-corrected chi connectivity index (χ0v) is 7.19. The summed E-state index contributed by atoms with van der Waals surface area (Å²) in [5, 5.41) is 2.29. The van der Waals surface area contributed by atoms with E-state index < -0.39 is 12.1 Å². The van der Waals surface area contributed by atoms with Gasteiger partial charge in [0.25, 0.3) is 6.47 Å². The van der Waals surface area contributed by atoms with Crippen LogP contribution in [0.4, 0.5) is 0 Å². The van der Waals surface area contributed by atoms with E-state index in [4.69, 9.17) is 0 Å². The van der Waals surface area contributed by atoms with Crippen molar-refractivity contribution in [1.29, 1.82) is 0 Å². The molecule has 0 aromatic heterocycles. The second kappa shape index (κ2) is 7.08. The van der Waals surface area contributed by atoms with Crippen LogP contribution in [-0.4, -0.2) is 38.6 Å². The van der Waals surface area contributed by atoms with Gasteiger partial charge in [-0.3, -0.25) is 14.4 Å². The standard InChI is InChI=1S/C7H11NO5/c1-12-7(11)2-6(13-5-10)3-8-4-9/h4-6H,2-3H2,1H3,(H,8,9). The number of hydrogen-bond acceptors (Lipinski definition) is 5. The van der Waals surface area contributed by atoms with Gasteiger partial charge in [-0.15, -0.1) is 0 Å². The van der Waals surface area contributed by atoms with Crippen molar-refractivity contribution < 1.29 is 23.9 Å². The Morgan fingerprint density at radius 3 is 2.69 bits per heavy atom. The number of ether oxygens (including phenoxy) is 2. The van der Waals surface area contributed by atoms with Gasteiger partial charge in [0, 0.05) is 0 Å². The van der Waals surface area contributed by atoms with E-state index in [1.807, 2.05) is 0 Å². The molecule has 6 nitrogen and oxygen atoms in total. The molecule has 0 aromatic carbocycles. The number of amides is 1. The molecule has 13 heavy (non-hydrogen) atoms. The lowest BCUT2D eigenvalue weighted by Crippen LogP contribution is -2.30. The normalized spacial score (nSPS) is 11.2. The number of carbonyl (C=O) groups excluding carboxylic acids is 3. The summed E-state index contributed by atoms with van der Waals surface area (Å²) < 4.78 is 8.87. The molecule has 1 unspecified atom stereocenters. The summed E-state index contributed by atoms with van der Waals surface area (Å²) in [7, 11) is 1.23. The van der Waals surface area contributed by atoms with Crippen molar-refractivity contribution in [3.05, 3.63) is 0 Å². The van der Waals surface area contributed by atoms with Crippen LogP contribution in [0.2, 0.25) is 0 Å². The van der Waals surface area contributed by atoms with Gasteiger partial charge in [0.1, 0.15) is 6.10 Å². The van der Waals surface area contributed by atoms with E-state index in [9.17, 15) is 14.4 Å². The first-order valence-corrected chi connectivity index (χ1v) is 3.57. The van der Waals surface area contributed by atoms with Gasteiger partial charge in [0.2, 0.25) is 6.41 Å². The van der Waals surface area contributed by atoms with E-state index in [2.05, 4.69) is 14.8 Å². The van der Waals surface area contributed by atoms with Crippen molar-refractivity contribution in [2.75, 3.05) is 13.7 Å². The number of nitrogens with one attached hydrogen (secondary N) is 1. The highest BCUT2D eigenvalue weighted by molar-refractivity contribution is 5.70. The lowest BCUT2D eigenvalue weighted by atomic mass is 10.2. The molecule has 0 saturated carbocycles. The minimum atomic E-state index is -0.671. The number of methoxy groups -OCH3 is 1. The molecule has 0 aromatic rings. The summed E-state index contributed by atoms with van der Waals surface area (Å²) in [4.78, 5) is 30.6. The van der Waals surface area contributed by atoms with Crippen LogP contribution in [0.25, 0.3) is 0 Å². The third kappa shape index (κ3) is 5.66. The van der Waals surface area contributed by atoms with Crippen LogP contribution < -0.4 is 5.32 Å². The Kier molecular flexibility index (Phi) is 6.21. The van der Waals surface area contributed by atoms with Crippen molar-refractivity contribution >= 4 is 18.9 Å². The highest BCUT2D eigenvalue weighted by Gasteiger charge is 2.14. The molecule has 0 spiro atoms. The maximum absolute atomic E-state index is 10.7. The van der Waals surface area contributed by atoms with E-state index >= 15 is 0 Å². The van der Waals surface area contributed by atoms with Gasteiger partial charge in [0.05, 0.1) is 20.1 Å². The van der Waals surface area contributed by atoms with Crippen molar-refractivity contribution in [3.63, 3.8) is 0 Å². The summed E-state index contributed by atoms with van der Waals surface area (Å²) in [5.41, 5.74) is 0. The second-order valence-electron chi connectivity index (χ2n) is 2.16. The van der Waals surface area contributed by atoms with Gasteiger partial charge in [-0.05, 0) is 0 Å². The highest BCUT2D eigenvalue weighted by Crippen LogP contribution is 1.97. The minimum absolute atomic E-state index is 0.0733. The molecule has 74 valence electrons. The first-order chi connectivity index (χ1) is 6.24. The Morgan fingerprint density at radius 1 is 1.54 bits per heavy atom. The quantitative estimate of drug-likeness (QED) is 0.403. The predicted octanol–water partition coefficient (Wildman–Crippen LogP) is -1.16. The Morgan fingerprint density at radius 2 is 2.23 bits per heavy atom. The SMILES string of the molecule is COC(=O)CC(CNC=O)OC=O. The Balaban J connectivity index is 3.84. The average molecular weight is 189 g/mol. The molecule has 0 fully saturated rings. The maximum Gasteiger partial charge on any atom is 0.309 e. The molecule has 1 atom stereocenters. The van der Waals surface area contributed by atoms with Crippen LogP contribution in [0, 0.1) is 0 Å². The lowest BCUT2D eigenvalue weighted by molar-refractivity contribution is -0.146. The smallest absolute Gasteiger partial charge is 0.309 e. The van der Waals surface area contributed by atoms with E-state index in [0.717, 1.165) is 0 Å². The van der Waals surface area contributed by atoms with E-state index in [1.165, 1.54) is 7.11 Å². The second-order valence-corrected chi connectivity index (χ2v) is 2.16. The van der Waals surface area contributed by atoms with Crippen molar-refractivity contribution in [3.8, 4) is 0 Å². The van der Waals surface area contributed by atoms with Crippen LogP contribution in [0.5, 0.6) is 0 Å². The van der Waals surface area contributed by atoms with Gasteiger partial charge in [-0.25, -0.2) is 0 Å². The van der Waals surface area contributed by atoms with Crippen molar-refractivity contribution in [2.24, 2.45) is 0 Å². The molecular formula is C7H11NO5. The molecule has 0 saturated heterocycles. The van der Waals surface area contributed by atoms with E-state index in [1.54, 1.807) is 0 Å². The summed E-state index contributed by atoms with van der Waals surface area (Å²) in [5.74, 6) is -0.500. The Hall–Kier alpha value is -1.59. The first-order valence-electron chi connectivity index (χ1n) is 3.57. The third-order valence-electron chi connectivity index (χ3n) is 1.30. The molecule has 0 aliphatic carbocycles. The average Bonchev–Trinajstić information content (AvgIpc) is 2.14. The van der Waals surface area contributed by atoms with Gasteiger partial charge in [-0.1, -0.05) is 0 Å². The van der Waals surface area contributed by atoms with Gasteiger partial charge in [0.15, 0.2) is 0 Å². The van der Waals surface area contributed by atoms with Crippen molar-refractivity contribution in [1.82, 2.24) is 5.32 Å². The zero-order valence-electron chi connectivity index (χ0n) is 7.19. The van der Waals surface area contributed by atoms with Crippen LogP contribution in [0.15, 0.2) is 0 Å². The largest absolute Gasteiger partial charge is 0.469 e. The van der Waals surface area contributed by atoms with Crippen molar-refractivity contribution in [2.45, 2.75) is 12.5 Å². The number of rotatable bonds is 7. The predicted molar refractivity (Wildman–Crippen MR) is 41.6 cm³/mol. The minimum Gasteiger partial charge on any atom is -0.469 e. The fourth-order valence-electron chi connectivity index (χ4n) is 0.696. The summed E-state index contributed by atoms with van der Waals surface area (Å²) in [6.45, 7) is 0.317. The molecule has 0 heterocycles. The van der Waals surface area contributed by atoms with Gasteiger partial charge >= 0.3 is 5.97 Å². The molecule has 0 aliphatic heterocycles. The molecule has 6 heteroatoms. The van der Waals surface area contributed by atoms with Crippen LogP contribution in [0.1, 0.15) is 6.42 Å². The summed E-state index contributed by atoms with van der Waals surface area (Å²) in [6, 6.07) is 0. The molecule has 1 amide bonds. The Bertz CT molecular complexity index is 182.